The minimum atomic E-state index is -0.534. The Hall–Kier alpha value is -1.66. The topological polar surface area (TPSA) is 0 Å². The highest BCUT2D eigenvalue weighted by atomic mass is 79.9. The van der Waals surface area contributed by atoms with Gasteiger partial charge in [-0.15, -0.1) is 0 Å². The van der Waals surface area contributed by atoms with Crippen LogP contribution >= 0.6 is 15.9 Å². The molecule has 0 unspecified atom stereocenters. The Morgan fingerprint density at radius 2 is 1.70 bits per heavy atom. The van der Waals surface area contributed by atoms with Crippen LogP contribution in [0.2, 0.25) is 0 Å². The predicted molar refractivity (Wildman–Crippen MR) is 80.5 cm³/mol. The summed E-state index contributed by atoms with van der Waals surface area (Å²) in [5.74, 6) is 4.46. The third kappa shape index (κ3) is 3.68. The van der Waals surface area contributed by atoms with Gasteiger partial charge in [-0.25, -0.2) is 8.78 Å². The zero-order valence-corrected chi connectivity index (χ0v) is 12.6. The van der Waals surface area contributed by atoms with Gasteiger partial charge in [0.05, 0.1) is 10.0 Å². The quantitative estimate of drug-likeness (QED) is 0.530. The highest BCUT2D eigenvalue weighted by molar-refractivity contribution is 9.10. The fraction of sp³-hybridized carbons (Fsp3) is 0.176. The standard InChI is InChI=1S/C17H13BrF2/c1-2-3-12-4-6-13(7-5-12)8-9-14-10-17(20)15(18)11-16(14)19/h4-7,10-11H,2-3H2,1H3. The van der Waals surface area contributed by atoms with Crippen molar-refractivity contribution >= 4 is 15.9 Å². The monoisotopic (exact) mass is 334 g/mol. The first kappa shape index (κ1) is 14.7. The van der Waals surface area contributed by atoms with Crippen LogP contribution in [0, 0.1) is 23.5 Å². The molecule has 102 valence electrons. The molecule has 0 nitrogen and oxygen atoms in total. The molecule has 0 aliphatic heterocycles. The number of halogens is 3. The third-order valence-corrected chi connectivity index (χ3v) is 3.45. The average molecular weight is 335 g/mol. The molecule has 0 aliphatic carbocycles. The zero-order chi connectivity index (χ0) is 14.5. The molecule has 0 fully saturated rings. The molecule has 0 bridgehead atoms. The van der Waals surface area contributed by atoms with Gasteiger partial charge in [-0.05, 0) is 52.2 Å². The molecule has 2 aromatic carbocycles. The van der Waals surface area contributed by atoms with Gasteiger partial charge in [-0.3, -0.25) is 0 Å². The Bertz CT molecular complexity index is 664. The summed E-state index contributed by atoms with van der Waals surface area (Å²) < 4.78 is 27.0. The van der Waals surface area contributed by atoms with Gasteiger partial charge < -0.3 is 0 Å². The fourth-order valence-corrected chi connectivity index (χ4v) is 2.12. The smallest absolute Gasteiger partial charge is 0.140 e. The van der Waals surface area contributed by atoms with Gasteiger partial charge in [0.1, 0.15) is 11.6 Å². The van der Waals surface area contributed by atoms with Crippen molar-refractivity contribution in [2.24, 2.45) is 0 Å². The van der Waals surface area contributed by atoms with E-state index in [2.05, 4.69) is 34.7 Å². The summed E-state index contributed by atoms with van der Waals surface area (Å²) in [6.45, 7) is 2.12. The van der Waals surface area contributed by atoms with Crippen molar-refractivity contribution in [2.45, 2.75) is 19.8 Å². The Kier molecular flexibility index (Phi) is 4.92. The van der Waals surface area contributed by atoms with Gasteiger partial charge in [0.15, 0.2) is 0 Å². The molecule has 0 radical (unpaired) electrons. The van der Waals surface area contributed by atoms with E-state index in [4.69, 9.17) is 0 Å². The molecule has 0 atom stereocenters. The van der Waals surface area contributed by atoms with Gasteiger partial charge >= 0.3 is 0 Å². The second kappa shape index (κ2) is 6.67. The summed E-state index contributed by atoms with van der Waals surface area (Å²) >= 11 is 2.94. The van der Waals surface area contributed by atoms with Crippen LogP contribution < -0.4 is 0 Å². The number of aryl methyl sites for hydroxylation is 1. The molecule has 2 rings (SSSR count). The largest absolute Gasteiger partial charge is 0.206 e. The minimum absolute atomic E-state index is 0.0586. The van der Waals surface area contributed by atoms with Gasteiger partial charge in [0, 0.05) is 5.56 Å². The Balaban J connectivity index is 2.24. The van der Waals surface area contributed by atoms with Crippen molar-refractivity contribution in [1.82, 2.24) is 0 Å². The Morgan fingerprint density at radius 1 is 1.00 bits per heavy atom. The Labute approximate surface area is 126 Å². The summed E-state index contributed by atoms with van der Waals surface area (Å²) in [6, 6.07) is 9.98. The summed E-state index contributed by atoms with van der Waals surface area (Å²) in [7, 11) is 0. The highest BCUT2D eigenvalue weighted by Crippen LogP contribution is 2.19. The van der Waals surface area contributed by atoms with Crippen LogP contribution in [-0.4, -0.2) is 0 Å². The lowest BCUT2D eigenvalue weighted by Gasteiger charge is -1.99. The van der Waals surface area contributed by atoms with Crippen molar-refractivity contribution in [3.8, 4) is 11.8 Å². The molecule has 0 saturated carbocycles. The SMILES string of the molecule is CCCc1ccc(C#Cc2cc(F)c(Br)cc2F)cc1. The number of hydrogen-bond donors (Lipinski definition) is 0. The molecule has 0 heterocycles. The van der Waals surface area contributed by atoms with Gasteiger partial charge in [0.2, 0.25) is 0 Å². The van der Waals surface area contributed by atoms with E-state index in [-0.39, 0.29) is 10.0 Å². The zero-order valence-electron chi connectivity index (χ0n) is 11.0. The molecule has 0 amide bonds. The number of benzene rings is 2. The van der Waals surface area contributed by atoms with Crippen LogP contribution in [0.25, 0.3) is 0 Å². The summed E-state index contributed by atoms with van der Waals surface area (Å²) in [5.41, 5.74) is 2.09. The van der Waals surface area contributed by atoms with Gasteiger partial charge in [-0.2, -0.15) is 0 Å². The second-order valence-corrected chi connectivity index (χ2v) is 5.30. The number of rotatable bonds is 2. The normalized spacial score (nSPS) is 10.0. The van der Waals surface area contributed by atoms with Gasteiger partial charge in [-0.1, -0.05) is 37.3 Å². The molecule has 0 saturated heterocycles. The van der Waals surface area contributed by atoms with Crippen molar-refractivity contribution < 1.29 is 8.78 Å². The van der Waals surface area contributed by atoms with Crippen LogP contribution in [0.5, 0.6) is 0 Å². The molecule has 0 aromatic heterocycles. The summed E-state index contributed by atoms with van der Waals surface area (Å²) in [5, 5.41) is 0. The molecule has 2 aromatic rings. The molecular formula is C17H13BrF2. The summed E-state index contributed by atoms with van der Waals surface area (Å²) in [4.78, 5) is 0. The lowest BCUT2D eigenvalue weighted by Crippen LogP contribution is -1.88. The molecule has 3 heteroatoms. The van der Waals surface area contributed by atoms with Crippen LogP contribution in [0.3, 0.4) is 0 Å². The maximum atomic E-state index is 13.6. The van der Waals surface area contributed by atoms with Crippen molar-refractivity contribution in [2.75, 3.05) is 0 Å². The van der Waals surface area contributed by atoms with E-state index < -0.39 is 11.6 Å². The van der Waals surface area contributed by atoms with Crippen LogP contribution in [0.15, 0.2) is 40.9 Å². The first-order chi connectivity index (χ1) is 9.60. The first-order valence-electron chi connectivity index (χ1n) is 6.35. The maximum Gasteiger partial charge on any atom is 0.140 e. The lowest BCUT2D eigenvalue weighted by atomic mass is 10.1. The summed E-state index contributed by atoms with van der Waals surface area (Å²) in [6.07, 6.45) is 2.12. The van der Waals surface area contributed by atoms with E-state index in [1.54, 1.807) is 0 Å². The van der Waals surface area contributed by atoms with E-state index in [1.807, 2.05) is 24.3 Å². The molecule has 0 N–H and O–H groups in total. The van der Waals surface area contributed by atoms with Gasteiger partial charge in [0.25, 0.3) is 0 Å². The highest BCUT2D eigenvalue weighted by Gasteiger charge is 2.05. The maximum absolute atomic E-state index is 13.6. The van der Waals surface area contributed by atoms with E-state index in [0.717, 1.165) is 30.5 Å². The van der Waals surface area contributed by atoms with Crippen molar-refractivity contribution in [3.05, 3.63) is 69.2 Å². The third-order valence-electron chi connectivity index (χ3n) is 2.84. The number of hydrogen-bond acceptors (Lipinski definition) is 0. The van der Waals surface area contributed by atoms with Crippen LogP contribution in [0.1, 0.15) is 30.0 Å². The molecule has 20 heavy (non-hydrogen) atoms. The molecular weight excluding hydrogens is 322 g/mol. The molecule has 0 spiro atoms. The Morgan fingerprint density at radius 3 is 2.35 bits per heavy atom. The van der Waals surface area contributed by atoms with E-state index in [0.29, 0.717) is 0 Å². The van der Waals surface area contributed by atoms with E-state index in [1.165, 1.54) is 5.56 Å². The van der Waals surface area contributed by atoms with Crippen LogP contribution in [-0.2, 0) is 6.42 Å². The average Bonchev–Trinajstić information content (AvgIpc) is 2.43. The van der Waals surface area contributed by atoms with E-state index in [9.17, 15) is 8.78 Å². The minimum Gasteiger partial charge on any atom is -0.206 e. The predicted octanol–water partition coefficient (Wildman–Crippen LogP) is 5.08. The van der Waals surface area contributed by atoms with Crippen molar-refractivity contribution in [1.29, 1.82) is 0 Å². The lowest BCUT2D eigenvalue weighted by molar-refractivity contribution is 0.592. The van der Waals surface area contributed by atoms with Crippen LogP contribution in [0.4, 0.5) is 8.78 Å². The molecule has 0 aliphatic rings. The second-order valence-electron chi connectivity index (χ2n) is 4.44. The fourth-order valence-electron chi connectivity index (χ4n) is 1.80. The van der Waals surface area contributed by atoms with E-state index >= 15 is 0 Å². The van der Waals surface area contributed by atoms with Crippen molar-refractivity contribution in [3.63, 3.8) is 0 Å². The first-order valence-corrected chi connectivity index (χ1v) is 7.15.